The van der Waals surface area contributed by atoms with Gasteiger partial charge in [0.05, 0.1) is 5.69 Å². The molecule has 2 spiro atoms. The molecule has 3 aromatic rings. The van der Waals surface area contributed by atoms with Gasteiger partial charge in [-0.15, -0.1) is 0 Å². The Labute approximate surface area is 174 Å². The number of fused-ring (bicyclic) bond motifs is 4. The van der Waals surface area contributed by atoms with Crippen molar-refractivity contribution in [2.24, 2.45) is 16.1 Å². The molecule has 1 aliphatic heterocycles. The summed E-state index contributed by atoms with van der Waals surface area (Å²) >= 11 is 0. The minimum Gasteiger partial charge on any atom is -0.368 e. The summed E-state index contributed by atoms with van der Waals surface area (Å²) in [5, 5.41) is 5.81. The average Bonchev–Trinajstić information content (AvgIpc) is 3.36. The minimum absolute atomic E-state index is 0.235. The quantitative estimate of drug-likeness (QED) is 0.674. The number of rotatable bonds is 1. The van der Waals surface area contributed by atoms with Gasteiger partial charge in [-0.3, -0.25) is 4.98 Å². The van der Waals surface area contributed by atoms with Crippen LogP contribution in [0, 0.1) is 12.3 Å². The van der Waals surface area contributed by atoms with E-state index in [4.69, 9.17) is 20.1 Å². The lowest BCUT2D eigenvalue weighted by atomic mass is 9.66. The van der Waals surface area contributed by atoms with Crippen LogP contribution in [0.4, 0.5) is 0 Å². The van der Waals surface area contributed by atoms with Gasteiger partial charge in [-0.05, 0) is 55.0 Å². The van der Waals surface area contributed by atoms with E-state index in [9.17, 15) is 0 Å². The van der Waals surface area contributed by atoms with E-state index in [0.717, 1.165) is 53.8 Å². The predicted molar refractivity (Wildman–Crippen MR) is 111 cm³/mol. The van der Waals surface area contributed by atoms with E-state index in [1.165, 1.54) is 11.1 Å². The maximum atomic E-state index is 6.50. The first-order valence-electron chi connectivity index (χ1n) is 10.3. The lowest BCUT2D eigenvalue weighted by Gasteiger charge is -2.42. The Kier molecular flexibility index (Phi) is 3.48. The van der Waals surface area contributed by atoms with Crippen molar-refractivity contribution in [3.05, 3.63) is 70.9 Å². The van der Waals surface area contributed by atoms with Crippen molar-refractivity contribution in [3.63, 3.8) is 0 Å². The summed E-state index contributed by atoms with van der Waals surface area (Å²) in [6.07, 6.45) is 7.07. The van der Waals surface area contributed by atoms with Gasteiger partial charge < -0.3 is 10.3 Å². The molecule has 2 N–H and O–H groups in total. The van der Waals surface area contributed by atoms with Gasteiger partial charge >= 0.3 is 0 Å². The molecular weight excluding hydrogens is 378 g/mol. The second-order valence-corrected chi connectivity index (χ2v) is 8.62. The summed E-state index contributed by atoms with van der Waals surface area (Å²) in [6, 6.07) is 10.6. The fourth-order valence-corrected chi connectivity index (χ4v) is 5.43. The van der Waals surface area contributed by atoms with Gasteiger partial charge in [0, 0.05) is 42.4 Å². The molecule has 0 bridgehead atoms. The molecule has 1 aromatic carbocycles. The zero-order valence-corrected chi connectivity index (χ0v) is 17.1. The van der Waals surface area contributed by atoms with Crippen LogP contribution in [0.25, 0.3) is 11.1 Å². The molecule has 0 saturated heterocycles. The van der Waals surface area contributed by atoms with E-state index < -0.39 is 5.72 Å². The smallest absolute Gasteiger partial charge is 0.221 e. The molecular formula is C23H23N5O2. The SMILES string of the molecule is Cc1noc2c1CC1(CC2)Cc2ccc(-c3cccnc3)cc2C12N=C(N)N(C)O2. The highest BCUT2D eigenvalue weighted by molar-refractivity contribution is 5.79. The van der Waals surface area contributed by atoms with Crippen molar-refractivity contribution >= 4 is 5.96 Å². The molecule has 2 unspecified atom stereocenters. The van der Waals surface area contributed by atoms with Gasteiger partial charge in [-0.2, -0.15) is 0 Å². The topological polar surface area (TPSA) is 89.8 Å². The molecule has 2 aliphatic carbocycles. The number of hydroxylamine groups is 2. The molecule has 7 nitrogen and oxygen atoms in total. The van der Waals surface area contributed by atoms with Crippen molar-refractivity contribution in [3.8, 4) is 11.1 Å². The zero-order valence-electron chi connectivity index (χ0n) is 17.1. The molecule has 30 heavy (non-hydrogen) atoms. The summed E-state index contributed by atoms with van der Waals surface area (Å²) in [5.41, 5.74) is 11.8. The molecule has 0 amide bonds. The highest BCUT2D eigenvalue weighted by atomic mass is 16.7. The standard InChI is InChI=1S/C23H23N5O2/c1-14-18-12-22(8-7-20(18)29-27-14)11-16-6-5-15(17-4-3-9-25-13-17)10-19(16)23(22)26-21(24)28(2)30-23/h3-6,9-10,13H,7-8,11-12H2,1-2H3,(H2,24,26). The van der Waals surface area contributed by atoms with E-state index in [1.807, 2.05) is 26.2 Å². The van der Waals surface area contributed by atoms with Gasteiger partial charge in [0.25, 0.3) is 0 Å². The van der Waals surface area contributed by atoms with Gasteiger partial charge in [0.15, 0.2) is 0 Å². The maximum absolute atomic E-state index is 6.50. The van der Waals surface area contributed by atoms with E-state index in [0.29, 0.717) is 5.96 Å². The van der Waals surface area contributed by atoms with Crippen LogP contribution in [-0.4, -0.2) is 28.2 Å². The third-order valence-corrected chi connectivity index (χ3v) is 6.99. The summed E-state index contributed by atoms with van der Waals surface area (Å²) in [4.78, 5) is 15.7. The van der Waals surface area contributed by atoms with Gasteiger partial charge in [0.1, 0.15) is 5.76 Å². The second kappa shape index (κ2) is 5.92. The number of aliphatic imine (C=N–C) groups is 1. The Morgan fingerprint density at radius 1 is 1.17 bits per heavy atom. The van der Waals surface area contributed by atoms with Crippen molar-refractivity contribution in [2.75, 3.05) is 7.05 Å². The number of nitrogens with two attached hydrogens (primary N) is 1. The molecule has 7 heteroatoms. The van der Waals surface area contributed by atoms with E-state index in [-0.39, 0.29) is 5.41 Å². The van der Waals surface area contributed by atoms with Crippen LogP contribution in [-0.2, 0) is 29.8 Å². The molecule has 0 radical (unpaired) electrons. The van der Waals surface area contributed by atoms with Crippen molar-refractivity contribution in [2.45, 2.75) is 38.3 Å². The number of hydrogen-bond donors (Lipinski definition) is 1. The molecule has 2 atom stereocenters. The van der Waals surface area contributed by atoms with Crippen LogP contribution in [0.2, 0.25) is 0 Å². The highest BCUT2D eigenvalue weighted by Crippen LogP contribution is 2.61. The van der Waals surface area contributed by atoms with Crippen molar-refractivity contribution in [1.29, 1.82) is 0 Å². The van der Waals surface area contributed by atoms with Crippen molar-refractivity contribution < 1.29 is 9.36 Å². The first kappa shape index (κ1) is 17.7. The fourth-order valence-electron chi connectivity index (χ4n) is 5.43. The maximum Gasteiger partial charge on any atom is 0.221 e. The minimum atomic E-state index is -0.846. The lowest BCUT2D eigenvalue weighted by molar-refractivity contribution is -0.224. The number of benzene rings is 1. The molecule has 3 heterocycles. The number of pyridine rings is 1. The molecule has 6 rings (SSSR count). The van der Waals surface area contributed by atoms with Crippen LogP contribution in [0.15, 0.2) is 52.2 Å². The first-order chi connectivity index (χ1) is 14.5. The summed E-state index contributed by atoms with van der Waals surface area (Å²) < 4.78 is 5.57. The van der Waals surface area contributed by atoms with Gasteiger partial charge in [-0.25, -0.2) is 14.9 Å². The van der Waals surface area contributed by atoms with Crippen LogP contribution in [0.5, 0.6) is 0 Å². The average molecular weight is 401 g/mol. The molecule has 3 aliphatic rings. The summed E-state index contributed by atoms with van der Waals surface area (Å²) in [7, 11) is 1.82. The number of hydrogen-bond acceptors (Lipinski definition) is 7. The van der Waals surface area contributed by atoms with E-state index in [2.05, 4.69) is 34.4 Å². The monoisotopic (exact) mass is 401 g/mol. The summed E-state index contributed by atoms with van der Waals surface area (Å²) in [6.45, 7) is 2.01. The van der Waals surface area contributed by atoms with Crippen LogP contribution < -0.4 is 5.73 Å². The number of aryl methyl sites for hydroxylation is 2. The number of guanidine groups is 1. The van der Waals surface area contributed by atoms with Gasteiger partial charge in [0.2, 0.25) is 11.7 Å². The molecule has 0 fully saturated rings. The molecule has 2 aromatic heterocycles. The van der Waals surface area contributed by atoms with Crippen LogP contribution >= 0.6 is 0 Å². The largest absolute Gasteiger partial charge is 0.368 e. The van der Waals surface area contributed by atoms with Crippen LogP contribution in [0.1, 0.15) is 34.6 Å². The van der Waals surface area contributed by atoms with E-state index in [1.54, 1.807) is 11.3 Å². The number of nitrogens with zero attached hydrogens (tertiary/aromatic N) is 4. The molecule has 0 saturated carbocycles. The Morgan fingerprint density at radius 2 is 2.07 bits per heavy atom. The Balaban J connectivity index is 1.54. The lowest BCUT2D eigenvalue weighted by Crippen LogP contribution is -2.46. The Hall–Kier alpha value is -3.19. The highest BCUT2D eigenvalue weighted by Gasteiger charge is 2.64. The molecule has 152 valence electrons. The van der Waals surface area contributed by atoms with Crippen molar-refractivity contribution in [1.82, 2.24) is 15.2 Å². The third kappa shape index (κ3) is 2.21. The second-order valence-electron chi connectivity index (χ2n) is 8.62. The third-order valence-electron chi connectivity index (χ3n) is 6.99. The number of aromatic nitrogens is 2. The zero-order chi connectivity index (χ0) is 20.5. The first-order valence-corrected chi connectivity index (χ1v) is 10.3. The Bertz CT molecular complexity index is 1190. The van der Waals surface area contributed by atoms with Crippen LogP contribution in [0.3, 0.4) is 0 Å². The van der Waals surface area contributed by atoms with Gasteiger partial charge in [-0.1, -0.05) is 23.4 Å². The predicted octanol–water partition coefficient (Wildman–Crippen LogP) is 3.12. The normalized spacial score (nSPS) is 26.9. The summed E-state index contributed by atoms with van der Waals surface area (Å²) in [5.74, 6) is 1.39. The van der Waals surface area contributed by atoms with E-state index >= 15 is 0 Å². The fraction of sp³-hybridized carbons (Fsp3) is 0.348. The Morgan fingerprint density at radius 3 is 2.83 bits per heavy atom.